The summed E-state index contributed by atoms with van der Waals surface area (Å²) in [6, 6.07) is 11.8. The molecule has 0 bridgehead atoms. The van der Waals surface area contributed by atoms with E-state index in [-0.39, 0.29) is 48.1 Å². The molecule has 0 amide bonds. The van der Waals surface area contributed by atoms with Crippen molar-refractivity contribution in [3.05, 3.63) is 76.5 Å². The van der Waals surface area contributed by atoms with Gasteiger partial charge in [0.25, 0.3) is 6.43 Å². The number of aryl methyl sites for hydroxylation is 1. The number of carbonyl (C=O) groups is 1. The van der Waals surface area contributed by atoms with E-state index in [1.54, 1.807) is 53.3 Å². The number of halogens is 2. The van der Waals surface area contributed by atoms with Gasteiger partial charge in [0, 0.05) is 44.3 Å². The number of sulfonamides is 1. The molecule has 0 radical (unpaired) electrons. The van der Waals surface area contributed by atoms with Crippen LogP contribution >= 0.6 is 0 Å². The summed E-state index contributed by atoms with van der Waals surface area (Å²) in [5.41, 5.74) is 2.45. The Labute approximate surface area is 267 Å². The molecule has 46 heavy (non-hydrogen) atoms. The molecule has 2 aromatic heterocycles. The number of aliphatic carboxylic acids is 1. The van der Waals surface area contributed by atoms with Crippen molar-refractivity contribution in [2.24, 2.45) is 5.92 Å². The molecular formula is C33H38F2N6O4S. The quantitative estimate of drug-likeness (QED) is 0.237. The summed E-state index contributed by atoms with van der Waals surface area (Å²) in [5, 5.41) is 18.2. The third-order valence-electron chi connectivity index (χ3n) is 9.42. The maximum atomic E-state index is 14.8. The molecule has 1 N–H and O–H groups in total. The monoisotopic (exact) mass is 652 g/mol. The molecule has 2 fully saturated rings. The number of fused-ring (bicyclic) bond motifs is 4. The second-order valence-electron chi connectivity index (χ2n) is 12.4. The molecule has 1 saturated carbocycles. The van der Waals surface area contributed by atoms with Crippen molar-refractivity contribution in [3.63, 3.8) is 0 Å². The summed E-state index contributed by atoms with van der Waals surface area (Å²) in [6.07, 6.45) is 2.19. The number of rotatable bonds is 9. The first kappa shape index (κ1) is 32.0. The predicted molar refractivity (Wildman–Crippen MR) is 169 cm³/mol. The Morgan fingerprint density at radius 1 is 1.13 bits per heavy atom. The average molecular weight is 653 g/mol. The highest BCUT2D eigenvalue weighted by molar-refractivity contribution is 7.89. The zero-order valence-electron chi connectivity index (χ0n) is 24.8. The third-order valence-corrected chi connectivity index (χ3v) is 11.2. The van der Waals surface area contributed by atoms with E-state index in [9.17, 15) is 27.1 Å². The number of alkyl halides is 2. The molecule has 7 rings (SSSR count). The summed E-state index contributed by atoms with van der Waals surface area (Å²) in [6.45, 7) is 3.54. The lowest BCUT2D eigenvalue weighted by Gasteiger charge is -2.26. The van der Waals surface area contributed by atoms with E-state index in [0.29, 0.717) is 34.9 Å². The predicted octanol–water partition coefficient (Wildman–Crippen LogP) is 5.90. The topological polar surface area (TPSA) is 122 Å². The number of benzene rings is 2. The number of hydrogen-bond donors (Lipinski definition) is 1. The maximum Gasteiger partial charge on any atom is 0.304 e. The lowest BCUT2D eigenvalue weighted by Crippen LogP contribution is -2.39. The van der Waals surface area contributed by atoms with Crippen molar-refractivity contribution in [2.45, 2.75) is 82.8 Å². The Morgan fingerprint density at radius 3 is 2.67 bits per heavy atom. The van der Waals surface area contributed by atoms with Gasteiger partial charge in [-0.2, -0.15) is 4.31 Å². The number of carboxylic acids is 1. The van der Waals surface area contributed by atoms with E-state index < -0.39 is 34.8 Å². The van der Waals surface area contributed by atoms with Crippen LogP contribution in [0.4, 0.5) is 14.6 Å². The van der Waals surface area contributed by atoms with E-state index in [0.717, 1.165) is 37.8 Å². The normalized spacial score (nSPS) is 19.8. The van der Waals surface area contributed by atoms with Gasteiger partial charge in [-0.3, -0.25) is 4.79 Å². The Kier molecular flexibility index (Phi) is 8.57. The summed E-state index contributed by atoms with van der Waals surface area (Å²) in [5.74, 6) is -1.12. The third kappa shape index (κ3) is 5.74. The highest BCUT2D eigenvalue weighted by Crippen LogP contribution is 2.41. The largest absolute Gasteiger partial charge is 0.481 e. The number of hydrogen-bond acceptors (Lipinski definition) is 7. The molecule has 0 spiro atoms. The highest BCUT2D eigenvalue weighted by Gasteiger charge is 2.40. The Balaban J connectivity index is 0.00000372. The number of nitrogens with zero attached hydrogens (tertiary/aromatic N) is 6. The second-order valence-corrected chi connectivity index (χ2v) is 14.3. The van der Waals surface area contributed by atoms with Crippen LogP contribution in [-0.4, -0.2) is 62.9 Å². The van der Waals surface area contributed by atoms with E-state index in [1.165, 1.54) is 4.31 Å². The van der Waals surface area contributed by atoms with Gasteiger partial charge >= 0.3 is 5.97 Å². The molecule has 3 aliphatic rings. The number of pyridine rings is 1. The summed E-state index contributed by atoms with van der Waals surface area (Å²) in [7, 11) is -3.91. The SMILES string of the molecule is C.Cc1ccc([C@H](CC(=O)O)c2ccc3c(nnn3CC3CC3)c2C(F)F)cc1CN1C[C@@H]2CCCN2c2ncccc2S1(=O)=O. The van der Waals surface area contributed by atoms with Crippen molar-refractivity contribution in [3.8, 4) is 0 Å². The van der Waals surface area contributed by atoms with Crippen molar-refractivity contribution in [2.75, 3.05) is 18.0 Å². The molecule has 244 valence electrons. The minimum Gasteiger partial charge on any atom is -0.481 e. The van der Waals surface area contributed by atoms with Gasteiger partial charge in [-0.15, -0.1) is 5.10 Å². The summed E-state index contributed by atoms with van der Waals surface area (Å²) in [4.78, 5) is 18.8. The van der Waals surface area contributed by atoms with Crippen LogP contribution in [0.5, 0.6) is 0 Å². The maximum absolute atomic E-state index is 14.8. The van der Waals surface area contributed by atoms with E-state index >= 15 is 0 Å². The van der Waals surface area contributed by atoms with Gasteiger partial charge in [0.1, 0.15) is 16.2 Å². The summed E-state index contributed by atoms with van der Waals surface area (Å²) < 4.78 is 60.5. The van der Waals surface area contributed by atoms with Crippen LogP contribution in [0, 0.1) is 12.8 Å². The molecule has 4 aromatic rings. The van der Waals surface area contributed by atoms with E-state index in [2.05, 4.69) is 20.2 Å². The van der Waals surface area contributed by atoms with Gasteiger partial charge in [-0.25, -0.2) is 26.9 Å². The van der Waals surface area contributed by atoms with Crippen LogP contribution in [0.3, 0.4) is 0 Å². The van der Waals surface area contributed by atoms with Crippen LogP contribution in [0.15, 0.2) is 53.6 Å². The van der Waals surface area contributed by atoms with Crippen LogP contribution in [0.2, 0.25) is 0 Å². The van der Waals surface area contributed by atoms with Crippen molar-refractivity contribution >= 4 is 32.8 Å². The minimum atomic E-state index is -3.91. The molecule has 4 heterocycles. The number of aromatic nitrogens is 4. The van der Waals surface area contributed by atoms with Crippen molar-refractivity contribution in [1.82, 2.24) is 24.3 Å². The van der Waals surface area contributed by atoms with Crippen LogP contribution in [0.25, 0.3) is 11.0 Å². The summed E-state index contributed by atoms with van der Waals surface area (Å²) >= 11 is 0. The molecule has 13 heteroatoms. The van der Waals surface area contributed by atoms with Crippen LogP contribution in [0.1, 0.15) is 79.7 Å². The molecule has 1 aliphatic carbocycles. The fraction of sp³-hybridized carbons (Fsp3) is 0.455. The van der Waals surface area contributed by atoms with Gasteiger partial charge in [0.2, 0.25) is 10.0 Å². The molecule has 2 aromatic carbocycles. The molecule has 2 atom stereocenters. The van der Waals surface area contributed by atoms with Gasteiger partial charge in [0.15, 0.2) is 0 Å². The first-order valence-corrected chi connectivity index (χ1v) is 16.7. The highest BCUT2D eigenvalue weighted by atomic mass is 32.2. The first-order valence-electron chi connectivity index (χ1n) is 15.3. The number of anilines is 1. The van der Waals surface area contributed by atoms with Gasteiger partial charge in [0.05, 0.1) is 17.5 Å². The Morgan fingerprint density at radius 2 is 1.93 bits per heavy atom. The molecular weight excluding hydrogens is 614 g/mol. The zero-order valence-corrected chi connectivity index (χ0v) is 25.6. The Bertz CT molecular complexity index is 1890. The van der Waals surface area contributed by atoms with E-state index in [4.69, 9.17) is 0 Å². The number of carboxylic acid groups (broad SMARTS) is 1. The van der Waals surface area contributed by atoms with Gasteiger partial charge in [-0.1, -0.05) is 36.9 Å². The fourth-order valence-electron chi connectivity index (χ4n) is 6.86. The lowest BCUT2D eigenvalue weighted by atomic mass is 9.84. The molecule has 0 unspecified atom stereocenters. The van der Waals surface area contributed by atoms with Gasteiger partial charge in [-0.05, 0) is 79.0 Å². The average Bonchev–Trinajstić information content (AvgIpc) is 3.58. The van der Waals surface area contributed by atoms with Crippen LogP contribution < -0.4 is 4.90 Å². The fourth-order valence-corrected chi connectivity index (χ4v) is 8.47. The van der Waals surface area contributed by atoms with Crippen molar-refractivity contribution in [1.29, 1.82) is 0 Å². The molecule has 1 saturated heterocycles. The molecule has 10 nitrogen and oxygen atoms in total. The standard InChI is InChI=1S/C32H34F2N6O4S.CH4/c1-19-6-9-21(14-22(19)17-38-18-23-4-3-13-39(23)32-27(45(38,43)44)5-2-12-35-32)25(15-28(41)42)24-10-11-26-30(29(24)31(33)34)36-37-40(26)16-20-7-8-20;/h2,5-6,9-12,14,20,23,25,31H,3-4,7-8,13,15-18H2,1H3,(H,41,42);1H4/t23-,25-;/m0./s1. The lowest BCUT2D eigenvalue weighted by molar-refractivity contribution is -0.137. The van der Waals surface area contributed by atoms with Crippen LogP contribution in [-0.2, 0) is 27.9 Å². The van der Waals surface area contributed by atoms with Gasteiger partial charge < -0.3 is 10.0 Å². The molecule has 2 aliphatic heterocycles. The Hall–Kier alpha value is -3.97. The zero-order chi connectivity index (χ0) is 31.5. The smallest absolute Gasteiger partial charge is 0.304 e. The minimum absolute atomic E-state index is 0. The van der Waals surface area contributed by atoms with Crippen molar-refractivity contribution < 1.29 is 27.1 Å². The first-order chi connectivity index (χ1) is 21.6. The van der Waals surface area contributed by atoms with E-state index in [1.807, 2.05) is 6.92 Å². The second kappa shape index (κ2) is 12.3.